The van der Waals surface area contributed by atoms with E-state index >= 15 is 0 Å². The van der Waals surface area contributed by atoms with Gasteiger partial charge in [-0.15, -0.1) is 12.4 Å². The van der Waals surface area contributed by atoms with E-state index in [1.807, 2.05) is 24.3 Å². The van der Waals surface area contributed by atoms with Crippen molar-refractivity contribution in [1.29, 1.82) is 0 Å². The summed E-state index contributed by atoms with van der Waals surface area (Å²) in [6.07, 6.45) is 0.00547. The summed E-state index contributed by atoms with van der Waals surface area (Å²) in [4.78, 5) is 0. The first-order valence-electron chi connectivity index (χ1n) is 5.14. The van der Waals surface area contributed by atoms with E-state index in [0.29, 0.717) is 0 Å². The molecule has 1 N–H and O–H groups in total. The maximum absolute atomic E-state index is 5.68. The van der Waals surface area contributed by atoms with E-state index in [2.05, 4.69) is 19.2 Å². The Kier molecular flexibility index (Phi) is 4.19. The molecule has 1 aliphatic heterocycles. The molecule has 0 bridgehead atoms. The second kappa shape index (κ2) is 5.04. The van der Waals surface area contributed by atoms with Crippen molar-refractivity contribution in [3.8, 4) is 5.75 Å². The Morgan fingerprint density at radius 2 is 1.94 bits per heavy atom. The minimum atomic E-state index is 0. The predicted molar refractivity (Wildman–Crippen MR) is 66.1 cm³/mol. The lowest BCUT2D eigenvalue weighted by atomic mass is 10.1. The monoisotopic (exact) mass is 243 g/mol. The maximum Gasteiger partial charge on any atom is 0.134 e. The second-order valence-electron chi connectivity index (χ2n) is 4.49. The van der Waals surface area contributed by atoms with E-state index < -0.39 is 0 Å². The fourth-order valence-electron chi connectivity index (χ4n) is 1.69. The molecule has 1 aromatic rings. The van der Waals surface area contributed by atoms with Crippen LogP contribution in [-0.2, 0) is 4.74 Å². The largest absolute Gasteiger partial charge is 0.497 e. The minimum Gasteiger partial charge on any atom is -0.497 e. The van der Waals surface area contributed by atoms with Crippen LogP contribution in [-0.4, -0.2) is 19.3 Å². The van der Waals surface area contributed by atoms with Crippen LogP contribution in [0.4, 0.5) is 0 Å². The Balaban J connectivity index is 0.00000128. The van der Waals surface area contributed by atoms with Gasteiger partial charge in [0.1, 0.15) is 12.0 Å². The van der Waals surface area contributed by atoms with Crippen molar-refractivity contribution in [3.05, 3.63) is 29.8 Å². The van der Waals surface area contributed by atoms with Gasteiger partial charge in [0.05, 0.1) is 13.7 Å². The molecule has 1 aromatic carbocycles. The standard InChI is InChI=1S/C12H17NO2.ClH/c1-12(2)8-15-11(13-12)9-4-6-10(14-3)7-5-9;/h4-7,11,13H,8H2,1-3H3;1H. The van der Waals surface area contributed by atoms with Crippen LogP contribution in [0, 0.1) is 0 Å². The summed E-state index contributed by atoms with van der Waals surface area (Å²) < 4.78 is 10.8. The lowest BCUT2D eigenvalue weighted by molar-refractivity contribution is 0.0989. The number of halogens is 1. The number of hydrogen-bond acceptors (Lipinski definition) is 3. The van der Waals surface area contributed by atoms with E-state index in [1.54, 1.807) is 7.11 Å². The smallest absolute Gasteiger partial charge is 0.134 e. The van der Waals surface area contributed by atoms with E-state index in [4.69, 9.17) is 9.47 Å². The molecule has 2 rings (SSSR count). The van der Waals surface area contributed by atoms with Crippen LogP contribution in [0.1, 0.15) is 25.6 Å². The Morgan fingerprint density at radius 1 is 1.31 bits per heavy atom. The van der Waals surface area contributed by atoms with Crippen LogP contribution in [0.15, 0.2) is 24.3 Å². The lowest BCUT2D eigenvalue weighted by Crippen LogP contribution is -2.35. The molecule has 1 fully saturated rings. The Morgan fingerprint density at radius 3 is 2.38 bits per heavy atom. The molecular weight excluding hydrogens is 226 g/mol. The fraction of sp³-hybridized carbons (Fsp3) is 0.500. The van der Waals surface area contributed by atoms with Gasteiger partial charge in [-0.25, -0.2) is 0 Å². The molecule has 3 nitrogen and oxygen atoms in total. The molecule has 16 heavy (non-hydrogen) atoms. The molecule has 1 saturated heterocycles. The van der Waals surface area contributed by atoms with Crippen LogP contribution in [0.25, 0.3) is 0 Å². The highest BCUT2D eigenvalue weighted by molar-refractivity contribution is 5.85. The highest BCUT2D eigenvalue weighted by atomic mass is 35.5. The maximum atomic E-state index is 5.68. The van der Waals surface area contributed by atoms with Gasteiger partial charge in [-0.05, 0) is 31.5 Å². The lowest BCUT2D eigenvalue weighted by Gasteiger charge is -2.17. The first kappa shape index (κ1) is 13.3. The van der Waals surface area contributed by atoms with Crippen molar-refractivity contribution in [1.82, 2.24) is 5.32 Å². The third-order valence-corrected chi connectivity index (χ3v) is 2.55. The highest BCUT2D eigenvalue weighted by Gasteiger charge is 2.31. The molecule has 0 saturated carbocycles. The minimum absolute atomic E-state index is 0. The van der Waals surface area contributed by atoms with E-state index in [-0.39, 0.29) is 24.2 Å². The first-order chi connectivity index (χ1) is 7.11. The molecule has 4 heteroatoms. The second-order valence-corrected chi connectivity index (χ2v) is 4.49. The van der Waals surface area contributed by atoms with Crippen molar-refractivity contribution in [3.63, 3.8) is 0 Å². The quantitative estimate of drug-likeness (QED) is 0.866. The highest BCUT2D eigenvalue weighted by Crippen LogP contribution is 2.26. The molecule has 1 aliphatic rings. The normalized spacial score (nSPS) is 22.6. The zero-order valence-electron chi connectivity index (χ0n) is 9.82. The zero-order chi connectivity index (χ0) is 10.9. The topological polar surface area (TPSA) is 30.5 Å². The Hall–Kier alpha value is -0.770. The number of nitrogens with one attached hydrogen (secondary N) is 1. The van der Waals surface area contributed by atoms with Gasteiger partial charge in [0, 0.05) is 5.54 Å². The average Bonchev–Trinajstić information content (AvgIpc) is 2.59. The molecule has 0 aromatic heterocycles. The summed E-state index contributed by atoms with van der Waals surface area (Å²) in [5, 5.41) is 3.42. The van der Waals surface area contributed by atoms with Crippen molar-refractivity contribution < 1.29 is 9.47 Å². The summed E-state index contributed by atoms with van der Waals surface area (Å²) in [6, 6.07) is 7.95. The van der Waals surface area contributed by atoms with Gasteiger partial charge in [-0.2, -0.15) is 0 Å². The van der Waals surface area contributed by atoms with Gasteiger partial charge < -0.3 is 9.47 Å². The van der Waals surface area contributed by atoms with Gasteiger partial charge >= 0.3 is 0 Å². The molecule has 1 atom stereocenters. The Bertz CT molecular complexity index is 337. The van der Waals surface area contributed by atoms with Gasteiger partial charge in [-0.3, -0.25) is 5.32 Å². The van der Waals surface area contributed by atoms with Crippen LogP contribution >= 0.6 is 12.4 Å². The van der Waals surface area contributed by atoms with Crippen LogP contribution in [0.3, 0.4) is 0 Å². The number of ether oxygens (including phenoxy) is 2. The van der Waals surface area contributed by atoms with Crippen LogP contribution in [0.5, 0.6) is 5.75 Å². The molecule has 0 radical (unpaired) electrons. The summed E-state index contributed by atoms with van der Waals surface area (Å²) in [5.41, 5.74) is 1.20. The van der Waals surface area contributed by atoms with E-state index in [1.165, 1.54) is 0 Å². The fourth-order valence-corrected chi connectivity index (χ4v) is 1.69. The number of methoxy groups -OCH3 is 1. The first-order valence-corrected chi connectivity index (χ1v) is 5.14. The van der Waals surface area contributed by atoms with Crippen molar-refractivity contribution in [2.45, 2.75) is 25.6 Å². The van der Waals surface area contributed by atoms with Crippen molar-refractivity contribution >= 4 is 12.4 Å². The molecule has 1 unspecified atom stereocenters. The van der Waals surface area contributed by atoms with Crippen molar-refractivity contribution in [2.24, 2.45) is 0 Å². The van der Waals surface area contributed by atoms with Crippen LogP contribution in [0.2, 0.25) is 0 Å². The molecule has 1 heterocycles. The third-order valence-electron chi connectivity index (χ3n) is 2.55. The predicted octanol–water partition coefficient (Wildman–Crippen LogP) is 2.51. The third kappa shape index (κ3) is 2.88. The zero-order valence-corrected chi connectivity index (χ0v) is 10.6. The molecular formula is C12H18ClNO2. The molecule has 90 valence electrons. The van der Waals surface area contributed by atoms with Crippen molar-refractivity contribution in [2.75, 3.05) is 13.7 Å². The van der Waals surface area contributed by atoms with Gasteiger partial charge in [-0.1, -0.05) is 12.1 Å². The summed E-state index contributed by atoms with van der Waals surface area (Å²) in [5.74, 6) is 0.871. The molecule has 0 aliphatic carbocycles. The number of benzene rings is 1. The van der Waals surface area contributed by atoms with Gasteiger partial charge in [0.2, 0.25) is 0 Å². The van der Waals surface area contributed by atoms with Gasteiger partial charge in [0.25, 0.3) is 0 Å². The van der Waals surface area contributed by atoms with E-state index in [0.717, 1.165) is 17.9 Å². The molecule has 0 spiro atoms. The SMILES string of the molecule is COc1ccc(C2NC(C)(C)CO2)cc1.Cl. The summed E-state index contributed by atoms with van der Waals surface area (Å²) in [7, 11) is 1.67. The summed E-state index contributed by atoms with van der Waals surface area (Å²) in [6.45, 7) is 5.01. The number of rotatable bonds is 2. The van der Waals surface area contributed by atoms with Gasteiger partial charge in [0.15, 0.2) is 0 Å². The molecule has 0 amide bonds. The summed E-state index contributed by atoms with van der Waals surface area (Å²) >= 11 is 0. The average molecular weight is 244 g/mol. The number of hydrogen-bond donors (Lipinski definition) is 1. The van der Waals surface area contributed by atoms with E-state index in [9.17, 15) is 0 Å². The Labute approximate surface area is 103 Å². The van der Waals surface area contributed by atoms with Crippen LogP contribution < -0.4 is 10.1 Å².